The van der Waals surface area contributed by atoms with Gasteiger partial charge in [0.15, 0.2) is 0 Å². The van der Waals surface area contributed by atoms with Crippen LogP contribution in [0.2, 0.25) is 0 Å². The first-order chi connectivity index (χ1) is 22.0. The van der Waals surface area contributed by atoms with Gasteiger partial charge in [-0.1, -0.05) is 35.8 Å². The molecule has 0 aliphatic heterocycles. The van der Waals surface area contributed by atoms with Crippen molar-refractivity contribution in [3.05, 3.63) is 147 Å². The van der Waals surface area contributed by atoms with Gasteiger partial charge in [0.25, 0.3) is 0 Å². The second-order valence-electron chi connectivity index (χ2n) is 9.65. The van der Waals surface area contributed by atoms with Crippen molar-refractivity contribution in [2.45, 2.75) is 25.1 Å². The molecule has 0 aliphatic carbocycles. The SMILES string of the molecule is C=CCCc1ccc(C#Cc2cc(F)c(C(F)(F)Oc3cc(F)c(C#Cc4cc(F)c(C(F)(F)F)c(F)c4)c(F)c3)c(F)c2)c(F)c1. The van der Waals surface area contributed by atoms with E-state index in [0.717, 1.165) is 0 Å². The molecule has 0 aromatic heterocycles. The lowest BCUT2D eigenvalue weighted by atomic mass is 10.1. The number of alkyl halides is 5. The summed E-state index contributed by atoms with van der Waals surface area (Å²) in [6, 6.07) is 5.56. The minimum atomic E-state index is -5.38. The molecule has 0 unspecified atom stereocenters. The molecule has 0 radical (unpaired) electrons. The second kappa shape index (κ2) is 13.6. The van der Waals surface area contributed by atoms with Crippen LogP contribution in [0.3, 0.4) is 0 Å². The highest BCUT2D eigenvalue weighted by Crippen LogP contribution is 2.37. The zero-order chi connectivity index (χ0) is 34.7. The molecule has 4 aromatic carbocycles. The first-order valence-electron chi connectivity index (χ1n) is 13.0. The standard InChI is InChI=1S/C34H16F12O/c1-2-3-4-18-5-8-21(24(35)11-18)9-6-19-14-29(40)32(30(41)15-19)34(45,46)47-22-16-25(36)23(26(37)17-22)10-7-20-12-27(38)31(28(39)13-20)33(42,43)44/h2,5,8,11-17H,1,3-4H2. The van der Waals surface area contributed by atoms with E-state index in [0.29, 0.717) is 30.5 Å². The van der Waals surface area contributed by atoms with Gasteiger partial charge >= 0.3 is 12.3 Å². The summed E-state index contributed by atoms with van der Waals surface area (Å²) in [7, 11) is 0. The number of hydrogen-bond donors (Lipinski definition) is 0. The van der Waals surface area contributed by atoms with Crippen molar-refractivity contribution in [1.29, 1.82) is 0 Å². The van der Waals surface area contributed by atoms with Gasteiger partial charge in [-0.25, -0.2) is 30.7 Å². The fourth-order valence-corrected chi connectivity index (χ4v) is 4.13. The normalized spacial score (nSPS) is 11.3. The third-order valence-electron chi connectivity index (χ3n) is 6.26. The summed E-state index contributed by atoms with van der Waals surface area (Å²) in [6.45, 7) is 3.56. The van der Waals surface area contributed by atoms with Crippen molar-refractivity contribution in [1.82, 2.24) is 0 Å². The number of rotatable bonds is 6. The van der Waals surface area contributed by atoms with Crippen LogP contribution >= 0.6 is 0 Å². The molecule has 47 heavy (non-hydrogen) atoms. The van der Waals surface area contributed by atoms with Gasteiger partial charge in [-0.05, 0) is 54.8 Å². The first-order valence-corrected chi connectivity index (χ1v) is 13.0. The average molecular weight is 668 g/mol. The summed E-state index contributed by atoms with van der Waals surface area (Å²) < 4.78 is 172. The lowest BCUT2D eigenvalue weighted by Gasteiger charge is -2.20. The molecule has 13 heteroatoms. The highest BCUT2D eigenvalue weighted by Gasteiger charge is 2.41. The van der Waals surface area contributed by atoms with Gasteiger partial charge in [-0.2, -0.15) is 22.0 Å². The predicted octanol–water partition coefficient (Wildman–Crippen LogP) is 9.73. The molecule has 0 atom stereocenters. The van der Waals surface area contributed by atoms with Gasteiger partial charge in [-0.3, -0.25) is 0 Å². The largest absolute Gasteiger partial charge is 0.432 e. The number of allylic oxidation sites excluding steroid dienone is 1. The summed E-state index contributed by atoms with van der Waals surface area (Å²) in [5, 5.41) is 0. The van der Waals surface area contributed by atoms with Crippen molar-refractivity contribution < 1.29 is 57.4 Å². The fraction of sp³-hybridized carbons (Fsp3) is 0.118. The second-order valence-corrected chi connectivity index (χ2v) is 9.65. The Bertz CT molecular complexity index is 1920. The molecule has 0 saturated carbocycles. The van der Waals surface area contributed by atoms with Crippen LogP contribution in [0, 0.1) is 64.4 Å². The molecule has 0 heterocycles. The van der Waals surface area contributed by atoms with Crippen LogP contribution in [-0.4, -0.2) is 0 Å². The van der Waals surface area contributed by atoms with Crippen LogP contribution in [0.4, 0.5) is 52.7 Å². The first kappa shape index (κ1) is 34.6. The highest BCUT2D eigenvalue weighted by atomic mass is 19.4. The van der Waals surface area contributed by atoms with Crippen molar-refractivity contribution in [2.24, 2.45) is 0 Å². The Labute approximate surface area is 259 Å². The monoisotopic (exact) mass is 668 g/mol. The molecule has 0 N–H and O–H groups in total. The molecule has 4 aromatic rings. The summed E-state index contributed by atoms with van der Waals surface area (Å²) >= 11 is 0. The van der Waals surface area contributed by atoms with Gasteiger partial charge < -0.3 is 4.74 Å². The third-order valence-corrected chi connectivity index (χ3v) is 6.26. The van der Waals surface area contributed by atoms with Crippen LogP contribution in [-0.2, 0) is 18.7 Å². The van der Waals surface area contributed by atoms with Gasteiger partial charge in [0.2, 0.25) is 0 Å². The van der Waals surface area contributed by atoms with Gasteiger partial charge in [0, 0.05) is 23.3 Å². The zero-order valence-electron chi connectivity index (χ0n) is 23.3. The summed E-state index contributed by atoms with van der Waals surface area (Å²) in [5.74, 6) is -4.94. The van der Waals surface area contributed by atoms with E-state index in [4.69, 9.17) is 0 Å². The van der Waals surface area contributed by atoms with Crippen LogP contribution < -0.4 is 4.74 Å². The molecule has 0 spiro atoms. The Morgan fingerprint density at radius 1 is 0.596 bits per heavy atom. The molecular formula is C34H16F12O. The van der Waals surface area contributed by atoms with E-state index >= 15 is 0 Å². The minimum Gasteiger partial charge on any atom is -0.429 e. The summed E-state index contributed by atoms with van der Waals surface area (Å²) in [4.78, 5) is 0. The van der Waals surface area contributed by atoms with Crippen molar-refractivity contribution in [3.63, 3.8) is 0 Å². The Balaban J connectivity index is 1.56. The van der Waals surface area contributed by atoms with Crippen LogP contribution in [0.15, 0.2) is 67.3 Å². The van der Waals surface area contributed by atoms with Gasteiger partial charge in [0.1, 0.15) is 57.6 Å². The Kier molecular flexibility index (Phi) is 10.00. The van der Waals surface area contributed by atoms with Crippen LogP contribution in [0.1, 0.15) is 45.4 Å². The molecule has 1 nitrogen and oxygen atoms in total. The number of ether oxygens (including phenoxy) is 1. The highest BCUT2D eigenvalue weighted by molar-refractivity contribution is 5.48. The van der Waals surface area contributed by atoms with E-state index in [1.807, 2.05) is 5.92 Å². The Morgan fingerprint density at radius 3 is 1.60 bits per heavy atom. The molecule has 0 bridgehead atoms. The Morgan fingerprint density at radius 2 is 1.11 bits per heavy atom. The lowest BCUT2D eigenvalue weighted by molar-refractivity contribution is -0.189. The van der Waals surface area contributed by atoms with Gasteiger partial charge in [0.05, 0.1) is 11.1 Å². The van der Waals surface area contributed by atoms with E-state index in [2.05, 4.69) is 23.2 Å². The molecule has 4 rings (SSSR count). The van der Waals surface area contributed by atoms with E-state index < -0.39 is 86.6 Å². The molecule has 0 saturated heterocycles. The van der Waals surface area contributed by atoms with E-state index in [9.17, 15) is 52.7 Å². The van der Waals surface area contributed by atoms with E-state index in [1.54, 1.807) is 18.1 Å². The minimum absolute atomic E-state index is 0.137. The van der Waals surface area contributed by atoms with Gasteiger partial charge in [-0.15, -0.1) is 6.58 Å². The van der Waals surface area contributed by atoms with Crippen LogP contribution in [0.5, 0.6) is 5.75 Å². The number of aryl methyl sites for hydroxylation is 1. The fourth-order valence-electron chi connectivity index (χ4n) is 4.13. The van der Waals surface area contributed by atoms with Crippen molar-refractivity contribution in [3.8, 4) is 29.4 Å². The quantitative estimate of drug-likeness (QED) is 0.113. The Hall–Kier alpha value is -5.30. The van der Waals surface area contributed by atoms with E-state index in [1.165, 1.54) is 12.1 Å². The molecule has 0 aliphatic rings. The lowest BCUT2D eigenvalue weighted by Crippen LogP contribution is -2.25. The van der Waals surface area contributed by atoms with E-state index in [-0.39, 0.29) is 29.8 Å². The smallest absolute Gasteiger partial charge is 0.429 e. The summed E-state index contributed by atoms with van der Waals surface area (Å²) in [5.41, 5.74) is -6.02. The van der Waals surface area contributed by atoms with Crippen molar-refractivity contribution >= 4 is 0 Å². The predicted molar refractivity (Wildman–Crippen MR) is 145 cm³/mol. The average Bonchev–Trinajstić information content (AvgIpc) is 2.93. The zero-order valence-corrected chi connectivity index (χ0v) is 23.3. The maximum absolute atomic E-state index is 14.8. The molecule has 0 amide bonds. The molecule has 0 fully saturated rings. The molecule has 242 valence electrons. The summed E-state index contributed by atoms with van der Waals surface area (Å²) in [6.07, 6.45) is -7.49. The third kappa shape index (κ3) is 8.11. The maximum atomic E-state index is 14.8. The number of halogens is 12. The number of benzene rings is 4. The van der Waals surface area contributed by atoms with Crippen LogP contribution in [0.25, 0.3) is 0 Å². The molecular weight excluding hydrogens is 652 g/mol. The number of hydrogen-bond acceptors (Lipinski definition) is 1. The maximum Gasteiger partial charge on any atom is 0.432 e. The van der Waals surface area contributed by atoms with Crippen molar-refractivity contribution in [2.75, 3.05) is 0 Å². The topological polar surface area (TPSA) is 9.23 Å².